The zero-order valence-corrected chi connectivity index (χ0v) is 18.8. The second kappa shape index (κ2) is 9.62. The number of rotatable bonds is 6. The fourth-order valence-electron chi connectivity index (χ4n) is 3.97. The Kier molecular flexibility index (Phi) is 6.07. The summed E-state index contributed by atoms with van der Waals surface area (Å²) in [5, 5.41) is 9.90. The van der Waals surface area contributed by atoms with Crippen molar-refractivity contribution in [3.8, 4) is 17.0 Å². The van der Waals surface area contributed by atoms with Gasteiger partial charge < -0.3 is 19.9 Å². The minimum atomic E-state index is -0.319. The number of carbonyl (C=O) groups is 1. The van der Waals surface area contributed by atoms with Gasteiger partial charge in [0, 0.05) is 43.5 Å². The van der Waals surface area contributed by atoms with Gasteiger partial charge >= 0.3 is 0 Å². The summed E-state index contributed by atoms with van der Waals surface area (Å²) in [4.78, 5) is 26.0. The van der Waals surface area contributed by atoms with E-state index in [0.29, 0.717) is 17.2 Å². The molecule has 1 fully saturated rings. The molecular weight excluding hydrogens is 430 g/mol. The molecule has 172 valence electrons. The summed E-state index contributed by atoms with van der Waals surface area (Å²) in [6.45, 7) is 3.47. The van der Waals surface area contributed by atoms with E-state index in [-0.39, 0.29) is 5.91 Å². The van der Waals surface area contributed by atoms with Crippen molar-refractivity contribution < 1.29 is 9.53 Å². The molecule has 9 heteroatoms. The van der Waals surface area contributed by atoms with E-state index in [2.05, 4.69) is 59.5 Å². The van der Waals surface area contributed by atoms with Crippen molar-refractivity contribution in [3.05, 3.63) is 78.8 Å². The molecule has 2 N–H and O–H groups in total. The van der Waals surface area contributed by atoms with Gasteiger partial charge in [0.2, 0.25) is 0 Å². The van der Waals surface area contributed by atoms with Crippen LogP contribution in [0.5, 0.6) is 5.75 Å². The van der Waals surface area contributed by atoms with Crippen molar-refractivity contribution in [1.82, 2.24) is 20.2 Å². The Bertz CT molecular complexity index is 1270. The Hall–Kier alpha value is -4.40. The highest BCUT2D eigenvalue weighted by atomic mass is 16.5. The van der Waals surface area contributed by atoms with E-state index in [1.54, 1.807) is 19.2 Å². The molecule has 34 heavy (non-hydrogen) atoms. The number of para-hydroxylation sites is 1. The van der Waals surface area contributed by atoms with Gasteiger partial charge in [-0.2, -0.15) is 5.10 Å². The van der Waals surface area contributed by atoms with E-state index < -0.39 is 0 Å². The molecule has 1 saturated heterocycles. The quantitative estimate of drug-likeness (QED) is 0.459. The number of nitrogens with one attached hydrogen (secondary N) is 2. The molecule has 1 aliphatic heterocycles. The molecular formula is C25H25N7O2. The zero-order chi connectivity index (χ0) is 23.3. The number of benzene rings is 2. The lowest BCUT2D eigenvalue weighted by molar-refractivity contribution is 0.102. The minimum Gasteiger partial charge on any atom is -0.497 e. The van der Waals surface area contributed by atoms with Gasteiger partial charge in [-0.1, -0.05) is 30.3 Å². The Morgan fingerprint density at radius 2 is 1.74 bits per heavy atom. The summed E-state index contributed by atoms with van der Waals surface area (Å²) in [5.41, 5.74) is 3.08. The third-order valence-corrected chi connectivity index (χ3v) is 5.81. The first-order chi connectivity index (χ1) is 16.7. The predicted molar refractivity (Wildman–Crippen MR) is 131 cm³/mol. The third-order valence-electron chi connectivity index (χ3n) is 5.81. The molecule has 0 radical (unpaired) electrons. The van der Waals surface area contributed by atoms with Crippen LogP contribution >= 0.6 is 0 Å². The van der Waals surface area contributed by atoms with Crippen LogP contribution in [0.1, 0.15) is 10.5 Å². The summed E-state index contributed by atoms with van der Waals surface area (Å²) in [7, 11) is 1.61. The van der Waals surface area contributed by atoms with E-state index in [1.165, 1.54) is 12.0 Å². The number of amides is 1. The summed E-state index contributed by atoms with van der Waals surface area (Å²) < 4.78 is 5.26. The first-order valence-electron chi connectivity index (χ1n) is 11.1. The first kappa shape index (κ1) is 21.4. The van der Waals surface area contributed by atoms with Crippen molar-refractivity contribution in [3.63, 3.8) is 0 Å². The number of aromatic nitrogens is 4. The van der Waals surface area contributed by atoms with Crippen LogP contribution in [0.2, 0.25) is 0 Å². The van der Waals surface area contributed by atoms with E-state index in [9.17, 15) is 4.79 Å². The standard InChI is InChI=1S/C25H25N7O2/c1-34-20-9-5-6-18(14-20)21-15-22(30-29-21)25(33)28-23-16-24(27-17-26-23)32-12-10-31(11-13-32)19-7-3-2-4-8-19/h2-9,14-17H,10-13H2,1H3,(H,29,30)(H,26,27,28,33). The number of piperazine rings is 1. The molecule has 3 heterocycles. The summed E-state index contributed by atoms with van der Waals surface area (Å²) >= 11 is 0. The fourth-order valence-corrected chi connectivity index (χ4v) is 3.97. The maximum Gasteiger partial charge on any atom is 0.274 e. The van der Waals surface area contributed by atoms with Crippen LogP contribution in [0.4, 0.5) is 17.3 Å². The molecule has 0 aliphatic carbocycles. The number of carbonyl (C=O) groups excluding carboxylic acids is 1. The van der Waals surface area contributed by atoms with Crippen LogP contribution in [-0.2, 0) is 0 Å². The topological polar surface area (TPSA) is 99.3 Å². The molecule has 0 bridgehead atoms. The van der Waals surface area contributed by atoms with Crippen molar-refractivity contribution >= 4 is 23.2 Å². The predicted octanol–water partition coefficient (Wildman–Crippen LogP) is 3.45. The minimum absolute atomic E-state index is 0.319. The third kappa shape index (κ3) is 4.68. The lowest BCUT2D eigenvalue weighted by atomic mass is 10.1. The van der Waals surface area contributed by atoms with E-state index in [4.69, 9.17) is 4.74 Å². The van der Waals surface area contributed by atoms with Gasteiger partial charge in [-0.3, -0.25) is 9.89 Å². The van der Waals surface area contributed by atoms with Gasteiger partial charge in [0.05, 0.1) is 12.8 Å². The first-order valence-corrected chi connectivity index (χ1v) is 11.1. The highest BCUT2D eigenvalue weighted by molar-refractivity contribution is 6.03. The summed E-state index contributed by atoms with van der Waals surface area (Å²) in [6.07, 6.45) is 1.48. The van der Waals surface area contributed by atoms with Crippen LogP contribution in [0.3, 0.4) is 0 Å². The lowest BCUT2D eigenvalue weighted by Gasteiger charge is -2.36. The van der Waals surface area contributed by atoms with Crippen molar-refractivity contribution in [2.75, 3.05) is 48.4 Å². The van der Waals surface area contributed by atoms with E-state index in [1.807, 2.05) is 30.3 Å². The smallest absolute Gasteiger partial charge is 0.274 e. The highest BCUT2D eigenvalue weighted by Crippen LogP contribution is 2.23. The number of aromatic amines is 1. The van der Waals surface area contributed by atoms with Gasteiger partial charge in [0.1, 0.15) is 29.4 Å². The number of methoxy groups -OCH3 is 1. The average Bonchev–Trinajstić information content (AvgIpc) is 3.40. The van der Waals surface area contributed by atoms with Crippen LogP contribution in [0, 0.1) is 0 Å². The van der Waals surface area contributed by atoms with E-state index in [0.717, 1.165) is 43.3 Å². The maximum absolute atomic E-state index is 12.8. The van der Waals surface area contributed by atoms with Crippen molar-refractivity contribution in [2.24, 2.45) is 0 Å². The van der Waals surface area contributed by atoms with Crippen LogP contribution in [0.25, 0.3) is 11.3 Å². The Labute approximate surface area is 197 Å². The Balaban J connectivity index is 1.23. The lowest BCUT2D eigenvalue weighted by Crippen LogP contribution is -2.46. The molecule has 0 spiro atoms. The number of nitrogens with zero attached hydrogens (tertiary/aromatic N) is 5. The normalized spacial score (nSPS) is 13.6. The highest BCUT2D eigenvalue weighted by Gasteiger charge is 2.19. The molecule has 0 saturated carbocycles. The zero-order valence-electron chi connectivity index (χ0n) is 18.8. The summed E-state index contributed by atoms with van der Waals surface area (Å²) in [5.74, 6) is 1.64. The molecule has 9 nitrogen and oxygen atoms in total. The molecule has 2 aromatic heterocycles. The van der Waals surface area contributed by atoms with Gasteiger partial charge in [0.25, 0.3) is 5.91 Å². The molecule has 4 aromatic rings. The van der Waals surface area contributed by atoms with Crippen molar-refractivity contribution in [1.29, 1.82) is 0 Å². The molecule has 0 unspecified atom stereocenters. The molecule has 1 amide bonds. The van der Waals surface area contributed by atoms with E-state index >= 15 is 0 Å². The molecule has 1 aliphatic rings. The number of ether oxygens (including phenoxy) is 1. The van der Waals surface area contributed by atoms with Crippen LogP contribution in [0.15, 0.2) is 73.1 Å². The second-order valence-electron chi connectivity index (χ2n) is 7.92. The molecule has 5 rings (SSSR count). The fraction of sp³-hybridized carbons (Fsp3) is 0.200. The average molecular weight is 456 g/mol. The van der Waals surface area contributed by atoms with Gasteiger partial charge in [-0.05, 0) is 30.3 Å². The van der Waals surface area contributed by atoms with Gasteiger partial charge in [-0.15, -0.1) is 0 Å². The number of anilines is 3. The number of hydrogen-bond acceptors (Lipinski definition) is 7. The SMILES string of the molecule is COc1cccc(-c2cc(C(=O)Nc3cc(N4CCN(c5ccccc5)CC4)ncn3)[nH]n2)c1. The van der Waals surface area contributed by atoms with Crippen molar-refractivity contribution in [2.45, 2.75) is 0 Å². The molecule has 0 atom stereocenters. The number of H-pyrrole nitrogens is 1. The summed E-state index contributed by atoms with van der Waals surface area (Å²) in [6, 6.07) is 21.4. The Morgan fingerprint density at radius 1 is 0.941 bits per heavy atom. The number of hydrogen-bond donors (Lipinski definition) is 2. The van der Waals surface area contributed by atoms with Crippen LogP contribution in [-0.4, -0.2) is 59.4 Å². The second-order valence-corrected chi connectivity index (χ2v) is 7.92. The van der Waals surface area contributed by atoms with Gasteiger partial charge in [-0.25, -0.2) is 9.97 Å². The monoisotopic (exact) mass is 455 g/mol. The largest absolute Gasteiger partial charge is 0.497 e. The molecule has 2 aromatic carbocycles. The maximum atomic E-state index is 12.8. The Morgan fingerprint density at radius 3 is 2.53 bits per heavy atom. The van der Waals surface area contributed by atoms with Crippen LogP contribution < -0.4 is 19.9 Å². The van der Waals surface area contributed by atoms with Gasteiger partial charge in [0.15, 0.2) is 0 Å².